The summed E-state index contributed by atoms with van der Waals surface area (Å²) in [5.41, 5.74) is 0. The third kappa shape index (κ3) is 5.69. The van der Waals surface area contributed by atoms with Crippen LogP contribution in [0.5, 0.6) is 5.75 Å². The van der Waals surface area contributed by atoms with Gasteiger partial charge in [0, 0.05) is 24.0 Å². The lowest BCUT2D eigenvalue weighted by Gasteiger charge is -2.28. The number of hydrogen-bond acceptors (Lipinski definition) is 4. The number of aliphatic hydroxyl groups excluding tert-OH is 1. The van der Waals surface area contributed by atoms with Crippen molar-refractivity contribution in [3.8, 4) is 5.75 Å². The highest BCUT2D eigenvalue weighted by molar-refractivity contribution is 5.88. The van der Waals surface area contributed by atoms with Crippen molar-refractivity contribution in [2.75, 3.05) is 19.7 Å². The Morgan fingerprint density at radius 3 is 2.64 bits per heavy atom. The molecule has 0 aliphatic heterocycles. The SMILES string of the molecule is CC(C)N(CC(=O)NC1CCCC1)CC(O)COc1cccc2ccccc12. The molecule has 5 nitrogen and oxygen atoms in total. The Hall–Kier alpha value is -2.11. The van der Waals surface area contributed by atoms with Gasteiger partial charge in [-0.05, 0) is 38.1 Å². The van der Waals surface area contributed by atoms with Crippen LogP contribution in [-0.2, 0) is 4.79 Å². The normalized spacial score (nSPS) is 16.0. The van der Waals surface area contributed by atoms with E-state index in [0.717, 1.165) is 29.4 Å². The Balaban J connectivity index is 1.52. The molecule has 0 heterocycles. The molecule has 2 aromatic carbocycles. The van der Waals surface area contributed by atoms with Gasteiger partial charge in [0.25, 0.3) is 0 Å². The Morgan fingerprint density at radius 2 is 1.89 bits per heavy atom. The number of hydrogen-bond donors (Lipinski definition) is 2. The van der Waals surface area contributed by atoms with Gasteiger partial charge in [-0.15, -0.1) is 0 Å². The highest BCUT2D eigenvalue weighted by Crippen LogP contribution is 2.25. The summed E-state index contributed by atoms with van der Waals surface area (Å²) in [6, 6.07) is 14.5. The Bertz CT molecular complexity index is 766. The molecule has 0 spiro atoms. The summed E-state index contributed by atoms with van der Waals surface area (Å²) in [6.07, 6.45) is 3.89. The number of carbonyl (C=O) groups excluding carboxylic acids is 1. The summed E-state index contributed by atoms with van der Waals surface area (Å²) in [6.45, 7) is 4.99. The highest BCUT2D eigenvalue weighted by atomic mass is 16.5. The summed E-state index contributed by atoms with van der Waals surface area (Å²) >= 11 is 0. The largest absolute Gasteiger partial charge is 0.490 e. The van der Waals surface area contributed by atoms with E-state index in [1.54, 1.807) is 0 Å². The maximum Gasteiger partial charge on any atom is 0.234 e. The lowest BCUT2D eigenvalue weighted by molar-refractivity contribution is -0.123. The molecule has 0 aromatic heterocycles. The van der Waals surface area contributed by atoms with E-state index < -0.39 is 6.10 Å². The molecule has 28 heavy (non-hydrogen) atoms. The van der Waals surface area contributed by atoms with E-state index in [-0.39, 0.29) is 18.6 Å². The van der Waals surface area contributed by atoms with Crippen LogP contribution >= 0.6 is 0 Å². The fraction of sp³-hybridized carbons (Fsp3) is 0.522. The first-order valence-corrected chi connectivity index (χ1v) is 10.3. The van der Waals surface area contributed by atoms with Gasteiger partial charge in [-0.2, -0.15) is 0 Å². The van der Waals surface area contributed by atoms with Crippen molar-refractivity contribution in [2.24, 2.45) is 0 Å². The number of nitrogens with one attached hydrogen (secondary N) is 1. The molecule has 2 N–H and O–H groups in total. The topological polar surface area (TPSA) is 61.8 Å². The third-order valence-electron chi connectivity index (χ3n) is 5.42. The summed E-state index contributed by atoms with van der Waals surface area (Å²) in [5.74, 6) is 0.815. The van der Waals surface area contributed by atoms with E-state index >= 15 is 0 Å². The Labute approximate surface area is 167 Å². The first-order valence-electron chi connectivity index (χ1n) is 10.3. The predicted octanol–water partition coefficient (Wildman–Crippen LogP) is 3.35. The molecule has 2 aromatic rings. The molecule has 1 aliphatic carbocycles. The van der Waals surface area contributed by atoms with Crippen molar-refractivity contribution in [3.63, 3.8) is 0 Å². The van der Waals surface area contributed by atoms with E-state index in [9.17, 15) is 9.90 Å². The maximum atomic E-state index is 12.4. The molecule has 5 heteroatoms. The van der Waals surface area contributed by atoms with Crippen LogP contribution in [0.2, 0.25) is 0 Å². The minimum absolute atomic E-state index is 0.0442. The zero-order valence-corrected chi connectivity index (χ0v) is 16.9. The quantitative estimate of drug-likeness (QED) is 0.696. The zero-order chi connectivity index (χ0) is 19.9. The van der Waals surface area contributed by atoms with Gasteiger partial charge < -0.3 is 15.2 Å². The van der Waals surface area contributed by atoms with Crippen molar-refractivity contribution in [3.05, 3.63) is 42.5 Å². The zero-order valence-electron chi connectivity index (χ0n) is 16.9. The van der Waals surface area contributed by atoms with Crippen LogP contribution in [0.4, 0.5) is 0 Å². The van der Waals surface area contributed by atoms with Gasteiger partial charge in [0.05, 0.1) is 6.54 Å². The van der Waals surface area contributed by atoms with Gasteiger partial charge in [0.15, 0.2) is 0 Å². The number of nitrogens with zero attached hydrogens (tertiary/aromatic N) is 1. The standard InChI is InChI=1S/C23H32N2O3/c1-17(2)25(15-23(27)24-19-10-4-5-11-19)14-20(26)16-28-22-13-7-9-18-8-3-6-12-21(18)22/h3,6-9,12-13,17,19-20,26H,4-5,10-11,14-16H2,1-2H3,(H,24,27). The molecule has 1 aliphatic rings. The van der Waals surface area contributed by atoms with Crippen LogP contribution in [0, 0.1) is 0 Å². The molecule has 3 rings (SSSR count). The van der Waals surface area contributed by atoms with Crippen molar-refractivity contribution in [1.29, 1.82) is 0 Å². The van der Waals surface area contributed by atoms with Gasteiger partial charge in [-0.1, -0.05) is 49.2 Å². The molecule has 152 valence electrons. The van der Waals surface area contributed by atoms with E-state index in [1.807, 2.05) is 61.2 Å². The number of fused-ring (bicyclic) bond motifs is 1. The first-order chi connectivity index (χ1) is 13.5. The molecule has 0 bridgehead atoms. The van der Waals surface area contributed by atoms with E-state index in [1.165, 1.54) is 12.8 Å². The molecule has 1 saturated carbocycles. The first kappa shape index (κ1) is 20.6. The lowest BCUT2D eigenvalue weighted by Crippen LogP contribution is -2.47. The molecule has 1 unspecified atom stereocenters. The van der Waals surface area contributed by atoms with Crippen molar-refractivity contribution < 1.29 is 14.6 Å². The van der Waals surface area contributed by atoms with Crippen LogP contribution in [0.25, 0.3) is 10.8 Å². The average Bonchev–Trinajstić information content (AvgIpc) is 3.18. The van der Waals surface area contributed by atoms with E-state index in [4.69, 9.17) is 4.74 Å². The molecular weight excluding hydrogens is 352 g/mol. The number of benzene rings is 2. The van der Waals surface area contributed by atoms with Crippen LogP contribution in [0.15, 0.2) is 42.5 Å². The fourth-order valence-corrected chi connectivity index (χ4v) is 3.82. The summed E-state index contributed by atoms with van der Waals surface area (Å²) < 4.78 is 5.90. The van der Waals surface area contributed by atoms with Crippen LogP contribution < -0.4 is 10.1 Å². The number of carbonyl (C=O) groups is 1. The molecule has 0 radical (unpaired) electrons. The van der Waals surface area contributed by atoms with Crippen LogP contribution in [-0.4, -0.2) is 53.8 Å². The second kappa shape index (κ2) is 9.89. The highest BCUT2D eigenvalue weighted by Gasteiger charge is 2.22. The number of ether oxygens (including phenoxy) is 1. The second-order valence-corrected chi connectivity index (χ2v) is 8.01. The molecule has 1 amide bonds. The summed E-state index contributed by atoms with van der Waals surface area (Å²) in [7, 11) is 0. The van der Waals surface area contributed by atoms with Crippen molar-refractivity contribution >= 4 is 16.7 Å². The minimum Gasteiger partial charge on any atom is -0.490 e. The Kier molecular flexibility index (Phi) is 7.29. The predicted molar refractivity (Wildman–Crippen MR) is 113 cm³/mol. The van der Waals surface area contributed by atoms with Crippen molar-refractivity contribution in [2.45, 2.75) is 57.7 Å². The molecule has 1 fully saturated rings. The van der Waals surface area contributed by atoms with Gasteiger partial charge >= 0.3 is 0 Å². The van der Waals surface area contributed by atoms with Crippen LogP contribution in [0.1, 0.15) is 39.5 Å². The number of aliphatic hydroxyl groups is 1. The third-order valence-corrected chi connectivity index (χ3v) is 5.42. The fourth-order valence-electron chi connectivity index (χ4n) is 3.82. The molecule has 0 saturated heterocycles. The monoisotopic (exact) mass is 384 g/mol. The van der Waals surface area contributed by atoms with E-state index in [2.05, 4.69) is 5.32 Å². The minimum atomic E-state index is -0.666. The summed E-state index contributed by atoms with van der Waals surface area (Å²) in [5, 5.41) is 15.8. The number of rotatable bonds is 9. The smallest absolute Gasteiger partial charge is 0.234 e. The molecule has 1 atom stereocenters. The van der Waals surface area contributed by atoms with Gasteiger partial charge in [0.2, 0.25) is 5.91 Å². The average molecular weight is 385 g/mol. The van der Waals surface area contributed by atoms with Gasteiger partial charge in [-0.25, -0.2) is 0 Å². The molecular formula is C23H32N2O3. The van der Waals surface area contributed by atoms with Gasteiger partial charge in [-0.3, -0.25) is 9.69 Å². The van der Waals surface area contributed by atoms with Gasteiger partial charge in [0.1, 0.15) is 18.5 Å². The van der Waals surface area contributed by atoms with E-state index in [0.29, 0.717) is 19.1 Å². The van der Waals surface area contributed by atoms with Crippen LogP contribution in [0.3, 0.4) is 0 Å². The lowest BCUT2D eigenvalue weighted by atomic mass is 10.1. The van der Waals surface area contributed by atoms with Crippen molar-refractivity contribution in [1.82, 2.24) is 10.2 Å². The Morgan fingerprint density at radius 1 is 1.18 bits per heavy atom. The second-order valence-electron chi connectivity index (χ2n) is 8.01. The number of amides is 1. The maximum absolute atomic E-state index is 12.4. The summed E-state index contributed by atoms with van der Waals surface area (Å²) in [4.78, 5) is 14.4.